The Hall–Kier alpha value is -2.82. The number of amides is 1. The van der Waals surface area contributed by atoms with Gasteiger partial charge in [0.1, 0.15) is 5.75 Å². The highest BCUT2D eigenvalue weighted by Crippen LogP contribution is 2.19. The highest BCUT2D eigenvalue weighted by molar-refractivity contribution is 5.78. The van der Waals surface area contributed by atoms with Crippen molar-refractivity contribution in [3.05, 3.63) is 60.4 Å². The Morgan fingerprint density at radius 2 is 2.05 bits per heavy atom. The lowest BCUT2D eigenvalue weighted by Crippen LogP contribution is -2.28. The molecule has 0 saturated carbocycles. The third-order valence-corrected chi connectivity index (χ3v) is 3.43. The molecule has 0 radical (unpaired) electrons. The summed E-state index contributed by atoms with van der Waals surface area (Å²) in [7, 11) is 1.92. The fourth-order valence-electron chi connectivity index (χ4n) is 2.28. The van der Waals surface area contributed by atoms with Crippen LogP contribution in [0.2, 0.25) is 0 Å². The van der Waals surface area contributed by atoms with Crippen molar-refractivity contribution in [2.24, 2.45) is 7.05 Å². The zero-order valence-corrected chi connectivity index (χ0v) is 12.3. The summed E-state index contributed by atoms with van der Waals surface area (Å²) in [5.74, 6) is 0.489. The quantitative estimate of drug-likeness (QED) is 0.805. The molecule has 1 aromatic heterocycles. The van der Waals surface area contributed by atoms with Crippen molar-refractivity contribution < 1.29 is 9.53 Å². The Labute approximate surface area is 128 Å². The molecule has 0 fully saturated rings. The molecule has 1 heterocycles. The van der Waals surface area contributed by atoms with Gasteiger partial charge < -0.3 is 14.6 Å². The Bertz CT molecular complexity index is 781. The fraction of sp³-hybridized carbons (Fsp3) is 0.176. The topological polar surface area (TPSA) is 56.2 Å². The van der Waals surface area contributed by atoms with Gasteiger partial charge in [-0.1, -0.05) is 30.3 Å². The van der Waals surface area contributed by atoms with E-state index in [1.165, 1.54) is 5.56 Å². The maximum Gasteiger partial charge on any atom is 0.412 e. The minimum absolute atomic E-state index is 0.453. The number of aromatic nitrogens is 2. The lowest BCUT2D eigenvalue weighted by molar-refractivity contribution is 0.200. The maximum atomic E-state index is 11.8. The predicted molar refractivity (Wildman–Crippen MR) is 84.9 cm³/mol. The first-order valence-corrected chi connectivity index (χ1v) is 7.13. The van der Waals surface area contributed by atoms with Crippen LogP contribution in [0.4, 0.5) is 4.79 Å². The van der Waals surface area contributed by atoms with Gasteiger partial charge in [-0.05, 0) is 24.1 Å². The Kier molecular flexibility index (Phi) is 4.05. The van der Waals surface area contributed by atoms with Crippen molar-refractivity contribution >= 4 is 17.1 Å². The van der Waals surface area contributed by atoms with Gasteiger partial charge in [0, 0.05) is 19.7 Å². The van der Waals surface area contributed by atoms with Crippen LogP contribution in [-0.2, 0) is 13.5 Å². The highest BCUT2D eigenvalue weighted by Gasteiger charge is 2.06. The van der Waals surface area contributed by atoms with Crippen LogP contribution in [0.15, 0.2) is 54.9 Å². The average Bonchev–Trinajstić information content (AvgIpc) is 2.89. The molecule has 0 unspecified atom stereocenters. The predicted octanol–water partition coefficient (Wildman–Crippen LogP) is 2.90. The molecule has 1 N–H and O–H groups in total. The molecule has 0 aliphatic heterocycles. The summed E-state index contributed by atoms with van der Waals surface area (Å²) < 4.78 is 7.19. The van der Waals surface area contributed by atoms with Crippen LogP contribution in [0.1, 0.15) is 5.56 Å². The van der Waals surface area contributed by atoms with Crippen molar-refractivity contribution in [1.29, 1.82) is 0 Å². The molecule has 2 aromatic carbocycles. The minimum Gasteiger partial charge on any atom is -0.410 e. The number of nitrogens with one attached hydrogen (secondary N) is 1. The molecule has 3 aromatic rings. The number of aryl methyl sites for hydroxylation is 1. The van der Waals surface area contributed by atoms with Crippen LogP contribution in [0.3, 0.4) is 0 Å². The second-order valence-corrected chi connectivity index (χ2v) is 5.06. The zero-order chi connectivity index (χ0) is 15.4. The number of benzene rings is 2. The summed E-state index contributed by atoms with van der Waals surface area (Å²) >= 11 is 0. The van der Waals surface area contributed by atoms with Gasteiger partial charge in [0.25, 0.3) is 0 Å². The third kappa shape index (κ3) is 3.25. The summed E-state index contributed by atoms with van der Waals surface area (Å²) in [5.41, 5.74) is 2.98. The summed E-state index contributed by atoms with van der Waals surface area (Å²) in [4.78, 5) is 16.0. The van der Waals surface area contributed by atoms with Gasteiger partial charge in [0.05, 0.1) is 17.4 Å². The maximum absolute atomic E-state index is 11.8. The smallest absolute Gasteiger partial charge is 0.410 e. The summed E-state index contributed by atoms with van der Waals surface area (Å²) in [5, 5.41) is 2.75. The van der Waals surface area contributed by atoms with Gasteiger partial charge in [-0.2, -0.15) is 0 Å². The number of carbonyl (C=O) groups is 1. The molecule has 0 aliphatic rings. The van der Waals surface area contributed by atoms with E-state index in [9.17, 15) is 4.79 Å². The SMILES string of the molecule is Cn1cnc2cc(OC(=O)NCCc3ccccc3)ccc21. The van der Waals surface area contributed by atoms with Crippen LogP contribution in [0.5, 0.6) is 5.75 Å². The van der Waals surface area contributed by atoms with Gasteiger partial charge in [-0.15, -0.1) is 0 Å². The van der Waals surface area contributed by atoms with E-state index in [-0.39, 0.29) is 0 Å². The Morgan fingerprint density at radius 1 is 1.23 bits per heavy atom. The number of imidazole rings is 1. The van der Waals surface area contributed by atoms with E-state index in [1.54, 1.807) is 18.5 Å². The molecule has 0 spiro atoms. The lowest BCUT2D eigenvalue weighted by atomic mass is 10.1. The zero-order valence-electron chi connectivity index (χ0n) is 12.3. The number of ether oxygens (including phenoxy) is 1. The van der Waals surface area contributed by atoms with Crippen LogP contribution in [0.25, 0.3) is 11.0 Å². The number of carbonyl (C=O) groups excluding carboxylic acids is 1. The number of fused-ring (bicyclic) bond motifs is 1. The summed E-state index contributed by atoms with van der Waals surface area (Å²) in [6.45, 7) is 0.536. The van der Waals surface area contributed by atoms with Gasteiger partial charge >= 0.3 is 6.09 Å². The van der Waals surface area contributed by atoms with E-state index in [0.29, 0.717) is 12.3 Å². The van der Waals surface area contributed by atoms with Crippen LogP contribution < -0.4 is 10.1 Å². The first-order chi connectivity index (χ1) is 10.7. The average molecular weight is 295 g/mol. The molecule has 0 bridgehead atoms. The van der Waals surface area contributed by atoms with E-state index in [1.807, 2.05) is 48.0 Å². The molecule has 112 valence electrons. The first kappa shape index (κ1) is 14.1. The van der Waals surface area contributed by atoms with Gasteiger partial charge in [0.15, 0.2) is 0 Å². The number of nitrogens with zero attached hydrogens (tertiary/aromatic N) is 2. The third-order valence-electron chi connectivity index (χ3n) is 3.43. The van der Waals surface area contributed by atoms with Crippen LogP contribution in [-0.4, -0.2) is 22.2 Å². The molecule has 22 heavy (non-hydrogen) atoms. The van der Waals surface area contributed by atoms with E-state index in [0.717, 1.165) is 17.5 Å². The molecule has 3 rings (SSSR count). The first-order valence-electron chi connectivity index (χ1n) is 7.13. The number of rotatable bonds is 4. The Balaban J connectivity index is 1.54. The summed E-state index contributed by atoms with van der Waals surface area (Å²) in [6, 6.07) is 15.4. The molecule has 0 saturated heterocycles. The second-order valence-electron chi connectivity index (χ2n) is 5.06. The highest BCUT2D eigenvalue weighted by atomic mass is 16.6. The Morgan fingerprint density at radius 3 is 2.86 bits per heavy atom. The van der Waals surface area contributed by atoms with E-state index < -0.39 is 6.09 Å². The molecular formula is C17H17N3O2. The van der Waals surface area contributed by atoms with E-state index >= 15 is 0 Å². The second kappa shape index (κ2) is 6.30. The molecular weight excluding hydrogens is 278 g/mol. The van der Waals surface area contributed by atoms with Gasteiger partial charge in [-0.3, -0.25) is 0 Å². The molecule has 0 atom stereocenters. The monoisotopic (exact) mass is 295 g/mol. The number of hydrogen-bond acceptors (Lipinski definition) is 3. The van der Waals surface area contributed by atoms with Crippen molar-refractivity contribution in [1.82, 2.24) is 14.9 Å². The van der Waals surface area contributed by atoms with Crippen molar-refractivity contribution in [3.63, 3.8) is 0 Å². The van der Waals surface area contributed by atoms with E-state index in [2.05, 4.69) is 10.3 Å². The summed E-state index contributed by atoms with van der Waals surface area (Å²) in [6.07, 6.45) is 2.05. The van der Waals surface area contributed by atoms with E-state index in [4.69, 9.17) is 4.74 Å². The minimum atomic E-state index is -0.453. The molecule has 5 nitrogen and oxygen atoms in total. The van der Waals surface area contributed by atoms with Crippen LogP contribution >= 0.6 is 0 Å². The van der Waals surface area contributed by atoms with Crippen molar-refractivity contribution in [2.45, 2.75) is 6.42 Å². The van der Waals surface area contributed by atoms with Gasteiger partial charge in [-0.25, -0.2) is 9.78 Å². The normalized spacial score (nSPS) is 10.6. The molecule has 0 aliphatic carbocycles. The van der Waals surface area contributed by atoms with Crippen LogP contribution in [0, 0.1) is 0 Å². The standard InChI is InChI=1S/C17H17N3O2/c1-20-12-19-15-11-14(7-8-16(15)20)22-17(21)18-10-9-13-5-3-2-4-6-13/h2-8,11-12H,9-10H2,1H3,(H,18,21). The van der Waals surface area contributed by atoms with Gasteiger partial charge in [0.2, 0.25) is 0 Å². The fourth-order valence-corrected chi connectivity index (χ4v) is 2.28. The largest absolute Gasteiger partial charge is 0.412 e. The van der Waals surface area contributed by atoms with Crippen molar-refractivity contribution in [3.8, 4) is 5.75 Å². The molecule has 5 heteroatoms. The van der Waals surface area contributed by atoms with Crippen molar-refractivity contribution in [2.75, 3.05) is 6.54 Å². The molecule has 1 amide bonds. The number of hydrogen-bond donors (Lipinski definition) is 1. The lowest BCUT2D eigenvalue weighted by Gasteiger charge is -2.07.